The number of benzene rings is 1. The van der Waals surface area contributed by atoms with Crippen molar-refractivity contribution in [3.8, 4) is 0 Å². The van der Waals surface area contributed by atoms with Gasteiger partial charge < -0.3 is 5.32 Å². The Morgan fingerprint density at radius 2 is 2.27 bits per heavy atom. The summed E-state index contributed by atoms with van der Waals surface area (Å²) in [5.41, 5.74) is 1.05. The van der Waals surface area contributed by atoms with Crippen LogP contribution in [-0.4, -0.2) is 11.9 Å². The highest BCUT2D eigenvalue weighted by atomic mass is 79.9. The smallest absolute Gasteiger partial charge is 0.137 e. The van der Waals surface area contributed by atoms with Crippen LogP contribution in [0.4, 0.5) is 4.39 Å². The monoisotopic (exact) mass is 293 g/mol. The van der Waals surface area contributed by atoms with Crippen molar-refractivity contribution in [3.63, 3.8) is 0 Å². The van der Waals surface area contributed by atoms with Gasteiger partial charge in [0.2, 0.25) is 0 Å². The van der Waals surface area contributed by atoms with E-state index in [4.69, 9.17) is 11.6 Å². The van der Waals surface area contributed by atoms with E-state index in [1.165, 1.54) is 6.07 Å². The summed E-state index contributed by atoms with van der Waals surface area (Å²) >= 11 is 8.92. The second-order valence-corrected chi connectivity index (χ2v) is 4.55. The molecule has 0 aliphatic carbocycles. The molecule has 1 rings (SSSR count). The van der Waals surface area contributed by atoms with Gasteiger partial charge in [-0.3, -0.25) is 0 Å². The van der Waals surface area contributed by atoms with Crippen molar-refractivity contribution in [2.24, 2.45) is 0 Å². The van der Waals surface area contributed by atoms with E-state index in [1.807, 2.05) is 0 Å². The molecule has 1 aromatic rings. The summed E-state index contributed by atoms with van der Waals surface area (Å²) in [6, 6.07) is 5.33. The molecule has 0 aliphatic rings. The van der Waals surface area contributed by atoms with Gasteiger partial charge in [0.15, 0.2) is 0 Å². The topological polar surface area (TPSA) is 12.0 Å². The van der Waals surface area contributed by atoms with Gasteiger partial charge in [-0.15, -0.1) is 11.6 Å². The predicted molar refractivity (Wildman–Crippen MR) is 65.7 cm³/mol. The lowest BCUT2D eigenvalue weighted by Crippen LogP contribution is -2.29. The normalized spacial score (nSPS) is 12.8. The Balaban J connectivity index is 2.54. The van der Waals surface area contributed by atoms with Crippen molar-refractivity contribution >= 4 is 27.5 Å². The van der Waals surface area contributed by atoms with E-state index in [0.717, 1.165) is 12.0 Å². The molecule has 0 aliphatic heterocycles. The van der Waals surface area contributed by atoms with Crippen LogP contribution in [0.15, 0.2) is 22.7 Å². The molecular formula is C11H14BrClFN. The first-order valence-corrected chi connectivity index (χ1v) is 6.23. The maximum absolute atomic E-state index is 12.9. The van der Waals surface area contributed by atoms with Gasteiger partial charge in [-0.1, -0.05) is 13.0 Å². The quantitative estimate of drug-likeness (QED) is 0.817. The van der Waals surface area contributed by atoms with Crippen molar-refractivity contribution in [1.29, 1.82) is 0 Å². The Hall–Kier alpha value is -0.120. The van der Waals surface area contributed by atoms with Crippen LogP contribution in [-0.2, 0) is 6.54 Å². The summed E-state index contributed by atoms with van der Waals surface area (Å²) in [7, 11) is 0. The van der Waals surface area contributed by atoms with E-state index in [2.05, 4.69) is 28.2 Å². The highest BCUT2D eigenvalue weighted by Gasteiger charge is 2.04. The van der Waals surface area contributed by atoms with Crippen LogP contribution in [0.2, 0.25) is 0 Å². The third-order valence-electron chi connectivity index (χ3n) is 2.26. The molecule has 1 atom stereocenters. The molecule has 0 fully saturated rings. The lowest BCUT2D eigenvalue weighted by molar-refractivity contribution is 0.537. The third kappa shape index (κ3) is 4.09. The van der Waals surface area contributed by atoms with E-state index in [0.29, 0.717) is 22.9 Å². The Kier molecular flexibility index (Phi) is 5.58. The molecule has 0 aromatic heterocycles. The highest BCUT2D eigenvalue weighted by molar-refractivity contribution is 9.10. The summed E-state index contributed by atoms with van der Waals surface area (Å²) < 4.78 is 13.4. The van der Waals surface area contributed by atoms with Gasteiger partial charge in [0.1, 0.15) is 5.82 Å². The van der Waals surface area contributed by atoms with Crippen LogP contribution in [0, 0.1) is 5.82 Å². The fourth-order valence-electron chi connectivity index (χ4n) is 1.22. The molecule has 1 N–H and O–H groups in total. The lowest BCUT2D eigenvalue weighted by Gasteiger charge is -2.13. The van der Waals surface area contributed by atoms with Crippen molar-refractivity contribution in [2.75, 3.05) is 5.88 Å². The molecule has 0 saturated carbocycles. The molecule has 15 heavy (non-hydrogen) atoms. The zero-order valence-electron chi connectivity index (χ0n) is 8.56. The Morgan fingerprint density at radius 1 is 1.53 bits per heavy atom. The SMILES string of the molecule is CCC(CCl)NCc1ccc(F)c(Br)c1. The molecule has 0 heterocycles. The zero-order chi connectivity index (χ0) is 11.3. The minimum absolute atomic E-state index is 0.233. The number of halogens is 3. The van der Waals surface area contributed by atoms with Gasteiger partial charge >= 0.3 is 0 Å². The van der Waals surface area contributed by atoms with Gasteiger partial charge in [0.25, 0.3) is 0 Å². The largest absolute Gasteiger partial charge is 0.309 e. The first-order chi connectivity index (χ1) is 7.17. The fraction of sp³-hybridized carbons (Fsp3) is 0.455. The zero-order valence-corrected chi connectivity index (χ0v) is 10.9. The maximum atomic E-state index is 12.9. The predicted octanol–water partition coefficient (Wildman–Crippen LogP) is 3.70. The molecule has 0 saturated heterocycles. The van der Waals surface area contributed by atoms with Crippen LogP contribution in [0.3, 0.4) is 0 Å². The van der Waals surface area contributed by atoms with Crippen molar-refractivity contribution in [3.05, 3.63) is 34.1 Å². The average Bonchev–Trinajstić information content (AvgIpc) is 2.24. The van der Waals surface area contributed by atoms with Crippen molar-refractivity contribution in [2.45, 2.75) is 25.9 Å². The van der Waals surface area contributed by atoms with E-state index >= 15 is 0 Å². The molecule has 84 valence electrons. The van der Waals surface area contributed by atoms with E-state index < -0.39 is 0 Å². The van der Waals surface area contributed by atoms with Crippen LogP contribution >= 0.6 is 27.5 Å². The minimum Gasteiger partial charge on any atom is -0.309 e. The molecule has 0 radical (unpaired) electrons. The Labute approximate surface area is 103 Å². The van der Waals surface area contributed by atoms with Gasteiger partial charge in [-0.2, -0.15) is 0 Å². The van der Waals surface area contributed by atoms with Gasteiger partial charge in [-0.25, -0.2) is 4.39 Å². The fourth-order valence-corrected chi connectivity index (χ4v) is 1.97. The second kappa shape index (κ2) is 6.46. The van der Waals surface area contributed by atoms with E-state index in [-0.39, 0.29) is 5.82 Å². The van der Waals surface area contributed by atoms with Gasteiger partial charge in [0, 0.05) is 18.5 Å². The summed E-state index contributed by atoms with van der Waals surface area (Å²) in [5.74, 6) is 0.363. The third-order valence-corrected chi connectivity index (χ3v) is 3.24. The van der Waals surface area contributed by atoms with E-state index in [9.17, 15) is 4.39 Å². The Bertz CT molecular complexity index is 315. The second-order valence-electron chi connectivity index (χ2n) is 3.39. The van der Waals surface area contributed by atoms with Crippen LogP contribution in [0.1, 0.15) is 18.9 Å². The van der Waals surface area contributed by atoms with Crippen LogP contribution < -0.4 is 5.32 Å². The first-order valence-electron chi connectivity index (χ1n) is 4.90. The van der Waals surface area contributed by atoms with Crippen LogP contribution in [0.5, 0.6) is 0 Å². The minimum atomic E-state index is -0.233. The number of hydrogen-bond donors (Lipinski definition) is 1. The highest BCUT2D eigenvalue weighted by Crippen LogP contribution is 2.16. The number of nitrogens with one attached hydrogen (secondary N) is 1. The maximum Gasteiger partial charge on any atom is 0.137 e. The molecule has 4 heteroatoms. The van der Waals surface area contributed by atoms with E-state index in [1.54, 1.807) is 12.1 Å². The standard InChI is InChI=1S/C11H14BrClFN/c1-2-9(6-13)15-7-8-3-4-11(14)10(12)5-8/h3-5,9,15H,2,6-7H2,1H3. The molecule has 1 aromatic carbocycles. The summed E-state index contributed by atoms with van der Waals surface area (Å²) in [6.45, 7) is 2.80. The first kappa shape index (κ1) is 12.9. The average molecular weight is 295 g/mol. The number of alkyl halides is 1. The van der Waals surface area contributed by atoms with Crippen molar-refractivity contribution < 1.29 is 4.39 Å². The van der Waals surface area contributed by atoms with Gasteiger partial charge in [-0.05, 0) is 40.0 Å². The van der Waals surface area contributed by atoms with Crippen LogP contribution in [0.25, 0.3) is 0 Å². The van der Waals surface area contributed by atoms with Crippen molar-refractivity contribution in [1.82, 2.24) is 5.32 Å². The number of hydrogen-bond acceptors (Lipinski definition) is 1. The summed E-state index contributed by atoms with van der Waals surface area (Å²) in [6.07, 6.45) is 0.992. The van der Waals surface area contributed by atoms with Gasteiger partial charge in [0.05, 0.1) is 4.47 Å². The number of rotatable bonds is 5. The molecule has 0 amide bonds. The lowest BCUT2D eigenvalue weighted by atomic mass is 10.2. The molecule has 1 nitrogen and oxygen atoms in total. The summed E-state index contributed by atoms with van der Waals surface area (Å²) in [5, 5.41) is 3.31. The molecule has 0 bridgehead atoms. The summed E-state index contributed by atoms with van der Waals surface area (Å²) in [4.78, 5) is 0. The molecule has 1 unspecified atom stereocenters. The molecular weight excluding hydrogens is 280 g/mol. The molecule has 0 spiro atoms. The Morgan fingerprint density at radius 3 is 2.80 bits per heavy atom.